The van der Waals surface area contributed by atoms with E-state index in [1.54, 1.807) is 31.2 Å². The average molecular weight is 378 g/mol. The fourth-order valence-corrected chi connectivity index (χ4v) is 3.83. The van der Waals surface area contributed by atoms with Crippen LogP contribution in [0.2, 0.25) is 0 Å². The molecule has 0 saturated heterocycles. The number of aromatic nitrogens is 2. The van der Waals surface area contributed by atoms with Crippen molar-refractivity contribution >= 4 is 22.7 Å². The largest absolute Gasteiger partial charge is 0.496 e. The molecule has 0 aliphatic heterocycles. The molecule has 0 amide bonds. The lowest BCUT2D eigenvalue weighted by Crippen LogP contribution is -2.09. The lowest BCUT2D eigenvalue weighted by Gasteiger charge is -2.11. The van der Waals surface area contributed by atoms with Crippen molar-refractivity contribution in [3.63, 3.8) is 0 Å². The number of hydrogen-bond donors (Lipinski definition) is 1. The van der Waals surface area contributed by atoms with Gasteiger partial charge in [-0.05, 0) is 42.5 Å². The number of hydrogen-bond acceptors (Lipinski definition) is 5. The second-order valence-electron chi connectivity index (χ2n) is 6.03. The predicted octanol–water partition coefficient (Wildman–Crippen LogP) is 4.63. The Hall–Kier alpha value is -2.99. The molecule has 0 spiro atoms. The molecule has 1 N–H and O–H groups in total. The van der Waals surface area contributed by atoms with Gasteiger partial charge in [0.25, 0.3) is 5.56 Å². The van der Waals surface area contributed by atoms with Crippen LogP contribution in [0.1, 0.15) is 11.3 Å². The monoisotopic (exact) mass is 378 g/mol. The van der Waals surface area contributed by atoms with E-state index >= 15 is 0 Å². The summed E-state index contributed by atoms with van der Waals surface area (Å²) < 4.78 is 10.9. The molecule has 5 nitrogen and oxygen atoms in total. The van der Waals surface area contributed by atoms with E-state index in [1.807, 2.05) is 48.5 Å². The zero-order valence-corrected chi connectivity index (χ0v) is 15.6. The summed E-state index contributed by atoms with van der Waals surface area (Å²) in [6, 6.07) is 17.0. The van der Waals surface area contributed by atoms with Crippen molar-refractivity contribution in [2.75, 3.05) is 7.11 Å². The number of H-pyrrole nitrogens is 1. The van der Waals surface area contributed by atoms with Gasteiger partial charge in [0.1, 0.15) is 17.3 Å². The molecule has 136 valence electrons. The van der Waals surface area contributed by atoms with E-state index in [-0.39, 0.29) is 5.56 Å². The molecule has 0 atom stereocenters. The van der Waals surface area contributed by atoms with Gasteiger partial charge in [0.2, 0.25) is 0 Å². The van der Waals surface area contributed by atoms with Gasteiger partial charge in [-0.3, -0.25) is 4.79 Å². The van der Waals surface area contributed by atoms with Gasteiger partial charge in [-0.25, -0.2) is 4.98 Å². The molecular formula is C21H18N2O3S. The molecule has 2 aromatic carbocycles. The number of nitrogens with zero attached hydrogens (tertiary/aromatic N) is 1. The van der Waals surface area contributed by atoms with Crippen molar-refractivity contribution < 1.29 is 9.15 Å². The van der Waals surface area contributed by atoms with E-state index < -0.39 is 0 Å². The van der Waals surface area contributed by atoms with Gasteiger partial charge in [-0.15, -0.1) is 11.8 Å². The summed E-state index contributed by atoms with van der Waals surface area (Å²) in [6.45, 7) is 0. The maximum Gasteiger partial charge on any atom is 0.259 e. The van der Waals surface area contributed by atoms with E-state index in [1.165, 1.54) is 0 Å². The second-order valence-corrected chi connectivity index (χ2v) is 7.02. The van der Waals surface area contributed by atoms with Crippen LogP contribution >= 0.6 is 11.8 Å². The van der Waals surface area contributed by atoms with Gasteiger partial charge in [-0.2, -0.15) is 0 Å². The molecule has 0 aliphatic carbocycles. The molecule has 0 saturated carbocycles. The molecule has 0 aliphatic rings. The Kier molecular flexibility index (Phi) is 4.98. The number of ether oxygens (including phenoxy) is 1. The van der Waals surface area contributed by atoms with E-state index in [4.69, 9.17) is 9.15 Å². The highest BCUT2D eigenvalue weighted by molar-refractivity contribution is 7.97. The van der Waals surface area contributed by atoms with Crippen LogP contribution in [0.15, 0.2) is 70.1 Å². The fraction of sp³-hybridized carbons (Fsp3) is 0.143. The van der Waals surface area contributed by atoms with Crippen LogP contribution in [-0.4, -0.2) is 17.1 Å². The average Bonchev–Trinajstić information content (AvgIpc) is 3.21. The Labute approximate surface area is 160 Å². The molecule has 2 aromatic heterocycles. The Balaban J connectivity index is 1.64. The summed E-state index contributed by atoms with van der Waals surface area (Å²) >= 11 is 1.74. The molecule has 0 unspecified atom stereocenters. The number of benzene rings is 2. The summed E-state index contributed by atoms with van der Waals surface area (Å²) in [7, 11) is 1.66. The first-order valence-corrected chi connectivity index (χ1v) is 9.66. The zero-order chi connectivity index (χ0) is 18.6. The minimum atomic E-state index is -0.139. The third kappa shape index (κ3) is 3.75. The molecule has 4 aromatic rings. The second kappa shape index (κ2) is 7.72. The van der Waals surface area contributed by atoms with Crippen LogP contribution < -0.4 is 10.3 Å². The summed E-state index contributed by atoms with van der Waals surface area (Å²) in [5, 5.41) is 0.587. The topological polar surface area (TPSA) is 68.1 Å². The summed E-state index contributed by atoms with van der Waals surface area (Å²) in [5.41, 5.74) is 2.44. The number of furan rings is 1. The number of thioether (sulfide) groups is 1. The Morgan fingerprint density at radius 1 is 1.11 bits per heavy atom. The van der Waals surface area contributed by atoms with Gasteiger partial charge in [0.05, 0.1) is 30.0 Å². The molecule has 2 heterocycles. The number of fused-ring (bicyclic) bond motifs is 1. The normalized spacial score (nSPS) is 11.0. The third-order valence-electron chi connectivity index (χ3n) is 4.25. The number of para-hydroxylation sites is 1. The zero-order valence-electron chi connectivity index (χ0n) is 14.8. The standard InChI is InChI=1S/C21H18N2O3S/c1-25-19-9-8-14(11-15(19)12-27-13-16-5-4-10-26-16)20-22-18-7-3-2-6-17(18)21(24)23-20/h2-11H,12-13H2,1H3,(H,22,23,24). The van der Waals surface area contributed by atoms with Crippen molar-refractivity contribution in [1.82, 2.24) is 9.97 Å². The van der Waals surface area contributed by atoms with Gasteiger partial charge < -0.3 is 14.1 Å². The number of nitrogens with one attached hydrogen (secondary N) is 1. The van der Waals surface area contributed by atoms with Crippen LogP contribution in [0.5, 0.6) is 5.75 Å². The molecule has 4 rings (SSSR count). The van der Waals surface area contributed by atoms with Crippen molar-refractivity contribution in [2.24, 2.45) is 0 Å². The van der Waals surface area contributed by atoms with Crippen molar-refractivity contribution in [2.45, 2.75) is 11.5 Å². The lowest BCUT2D eigenvalue weighted by molar-refractivity contribution is 0.411. The van der Waals surface area contributed by atoms with Crippen LogP contribution in [0, 0.1) is 0 Å². The molecule has 27 heavy (non-hydrogen) atoms. The SMILES string of the molecule is COc1ccc(-c2nc3ccccc3c(=O)[nH]2)cc1CSCc1ccco1. The number of rotatable bonds is 6. The van der Waals surface area contributed by atoms with Crippen molar-refractivity contribution in [3.8, 4) is 17.1 Å². The number of aromatic amines is 1. The van der Waals surface area contributed by atoms with Crippen molar-refractivity contribution in [3.05, 3.63) is 82.5 Å². The Morgan fingerprint density at radius 2 is 2.00 bits per heavy atom. The minimum Gasteiger partial charge on any atom is -0.496 e. The van der Waals surface area contributed by atoms with Crippen LogP contribution in [-0.2, 0) is 11.5 Å². The number of methoxy groups -OCH3 is 1. The summed E-state index contributed by atoms with van der Waals surface area (Å²) in [6.07, 6.45) is 1.68. The summed E-state index contributed by atoms with van der Waals surface area (Å²) in [5.74, 6) is 3.85. The first kappa shape index (κ1) is 17.4. The quantitative estimate of drug-likeness (QED) is 0.530. The maximum atomic E-state index is 12.3. The van der Waals surface area contributed by atoms with Crippen LogP contribution in [0.4, 0.5) is 0 Å². The van der Waals surface area contributed by atoms with Gasteiger partial charge in [-0.1, -0.05) is 12.1 Å². The first-order valence-electron chi connectivity index (χ1n) is 8.51. The van der Waals surface area contributed by atoms with E-state index in [2.05, 4.69) is 9.97 Å². The first-order chi connectivity index (χ1) is 13.2. The lowest BCUT2D eigenvalue weighted by atomic mass is 10.1. The smallest absolute Gasteiger partial charge is 0.259 e. The Morgan fingerprint density at radius 3 is 2.81 bits per heavy atom. The van der Waals surface area contributed by atoms with Crippen LogP contribution in [0.3, 0.4) is 0 Å². The highest BCUT2D eigenvalue weighted by Crippen LogP contribution is 2.29. The van der Waals surface area contributed by atoms with E-state index in [0.717, 1.165) is 34.1 Å². The highest BCUT2D eigenvalue weighted by Gasteiger charge is 2.10. The molecule has 0 radical (unpaired) electrons. The van der Waals surface area contributed by atoms with E-state index in [9.17, 15) is 4.79 Å². The van der Waals surface area contributed by atoms with Gasteiger partial charge >= 0.3 is 0 Å². The predicted molar refractivity (Wildman–Crippen MR) is 108 cm³/mol. The minimum absolute atomic E-state index is 0.139. The van der Waals surface area contributed by atoms with Gasteiger partial charge in [0, 0.05) is 16.9 Å². The Bertz CT molecular complexity index is 1120. The highest BCUT2D eigenvalue weighted by atomic mass is 32.2. The molecule has 6 heteroatoms. The third-order valence-corrected chi connectivity index (χ3v) is 5.25. The van der Waals surface area contributed by atoms with Gasteiger partial charge in [0.15, 0.2) is 0 Å². The van der Waals surface area contributed by atoms with Crippen molar-refractivity contribution in [1.29, 1.82) is 0 Å². The fourth-order valence-electron chi connectivity index (χ4n) is 2.92. The maximum absolute atomic E-state index is 12.3. The molecule has 0 bridgehead atoms. The summed E-state index contributed by atoms with van der Waals surface area (Å²) in [4.78, 5) is 19.8. The van der Waals surface area contributed by atoms with E-state index in [0.29, 0.717) is 16.7 Å². The molecule has 0 fully saturated rings. The molecular weight excluding hydrogens is 360 g/mol. The van der Waals surface area contributed by atoms with Crippen LogP contribution in [0.25, 0.3) is 22.3 Å².